The Morgan fingerprint density at radius 1 is 0.957 bits per heavy atom. The molecule has 0 aliphatic carbocycles. The van der Waals surface area contributed by atoms with Gasteiger partial charge < -0.3 is 5.32 Å². The molecule has 3 rings (SSSR count). The summed E-state index contributed by atoms with van der Waals surface area (Å²) in [5.41, 5.74) is 4.66. The third kappa shape index (κ3) is 2.72. The number of carbonyl (C=O) groups excluding carboxylic acids is 2. The van der Waals surface area contributed by atoms with Crippen LogP contribution in [0, 0.1) is 20.8 Å². The summed E-state index contributed by atoms with van der Waals surface area (Å²) in [5.74, 6) is -0.346. The van der Waals surface area contributed by atoms with Gasteiger partial charge in [-0.05, 0) is 49.6 Å². The molecule has 1 N–H and O–H groups in total. The minimum absolute atomic E-state index is 0.158. The monoisotopic (exact) mass is 308 g/mol. The molecule has 2 amide bonds. The number of benzene rings is 2. The summed E-state index contributed by atoms with van der Waals surface area (Å²) in [7, 11) is 0. The number of nitrogens with one attached hydrogen (secondary N) is 1. The Hall–Kier alpha value is -2.62. The van der Waals surface area contributed by atoms with Crippen LogP contribution in [0.3, 0.4) is 0 Å². The minimum atomic E-state index is -0.511. The lowest BCUT2D eigenvalue weighted by molar-refractivity contribution is -0.121. The lowest BCUT2D eigenvalue weighted by Gasteiger charge is -2.19. The average Bonchev–Trinajstić information content (AvgIpc) is 2.79. The van der Waals surface area contributed by atoms with Crippen LogP contribution in [0.2, 0.25) is 0 Å². The van der Waals surface area contributed by atoms with E-state index in [1.165, 1.54) is 4.90 Å². The molecule has 2 aromatic carbocycles. The van der Waals surface area contributed by atoms with Gasteiger partial charge in [0.25, 0.3) is 5.91 Å². The van der Waals surface area contributed by atoms with E-state index in [0.717, 1.165) is 22.4 Å². The third-order valence-corrected chi connectivity index (χ3v) is 4.44. The lowest BCUT2D eigenvalue weighted by atomic mass is 10.1. The van der Waals surface area contributed by atoms with E-state index in [1.54, 1.807) is 0 Å². The van der Waals surface area contributed by atoms with Gasteiger partial charge in [-0.25, -0.2) is 4.90 Å². The molecule has 118 valence electrons. The van der Waals surface area contributed by atoms with Gasteiger partial charge in [0, 0.05) is 5.69 Å². The van der Waals surface area contributed by atoms with Gasteiger partial charge in [-0.3, -0.25) is 9.59 Å². The average molecular weight is 308 g/mol. The van der Waals surface area contributed by atoms with Gasteiger partial charge in [0.05, 0.1) is 12.1 Å². The summed E-state index contributed by atoms with van der Waals surface area (Å²) in [4.78, 5) is 26.5. The predicted molar refractivity (Wildman–Crippen MR) is 91.6 cm³/mol. The molecule has 1 heterocycles. The largest absolute Gasteiger partial charge is 0.373 e. The van der Waals surface area contributed by atoms with Crippen molar-refractivity contribution < 1.29 is 9.59 Å². The highest BCUT2D eigenvalue weighted by atomic mass is 16.2. The fourth-order valence-corrected chi connectivity index (χ4v) is 2.90. The molecule has 0 unspecified atom stereocenters. The smallest absolute Gasteiger partial charge is 0.256 e. The zero-order chi connectivity index (χ0) is 16.6. The number of imide groups is 1. The SMILES string of the molecule is Cc1ccccc1N[C@H]1CC(=O)N(c2cccc(C)c2C)C1=O. The van der Waals surface area contributed by atoms with E-state index in [0.29, 0.717) is 5.69 Å². The Kier molecular flexibility index (Phi) is 3.90. The van der Waals surface area contributed by atoms with Gasteiger partial charge in [0.15, 0.2) is 0 Å². The van der Waals surface area contributed by atoms with Gasteiger partial charge in [-0.1, -0.05) is 30.3 Å². The first-order valence-corrected chi connectivity index (χ1v) is 7.74. The second-order valence-corrected chi connectivity index (χ2v) is 6.00. The quantitative estimate of drug-likeness (QED) is 0.885. The Balaban J connectivity index is 1.89. The van der Waals surface area contributed by atoms with Crippen LogP contribution in [0.1, 0.15) is 23.1 Å². The van der Waals surface area contributed by atoms with Gasteiger partial charge in [0.1, 0.15) is 6.04 Å². The van der Waals surface area contributed by atoms with Crippen LogP contribution in [0.5, 0.6) is 0 Å². The van der Waals surface area contributed by atoms with E-state index < -0.39 is 6.04 Å². The van der Waals surface area contributed by atoms with E-state index in [2.05, 4.69) is 5.32 Å². The molecule has 1 aliphatic heterocycles. The number of aryl methyl sites for hydroxylation is 2. The Labute approximate surface area is 136 Å². The number of rotatable bonds is 3. The van der Waals surface area contributed by atoms with Crippen molar-refractivity contribution in [2.75, 3.05) is 10.2 Å². The van der Waals surface area contributed by atoms with Gasteiger partial charge in [0.2, 0.25) is 5.91 Å². The number of hydrogen-bond acceptors (Lipinski definition) is 3. The van der Waals surface area contributed by atoms with E-state index in [1.807, 2.05) is 63.2 Å². The second-order valence-electron chi connectivity index (χ2n) is 6.00. The zero-order valence-corrected chi connectivity index (χ0v) is 13.6. The maximum Gasteiger partial charge on any atom is 0.256 e. The Bertz CT molecular complexity index is 783. The molecule has 4 nitrogen and oxygen atoms in total. The van der Waals surface area contributed by atoms with Crippen molar-refractivity contribution in [2.45, 2.75) is 33.2 Å². The van der Waals surface area contributed by atoms with Crippen LogP contribution in [0.25, 0.3) is 0 Å². The van der Waals surface area contributed by atoms with E-state index in [4.69, 9.17) is 0 Å². The molecule has 4 heteroatoms. The first-order chi connectivity index (χ1) is 11.0. The van der Waals surface area contributed by atoms with E-state index in [9.17, 15) is 9.59 Å². The zero-order valence-electron chi connectivity index (χ0n) is 13.6. The van der Waals surface area contributed by atoms with Crippen molar-refractivity contribution in [1.82, 2.24) is 0 Å². The fraction of sp³-hybridized carbons (Fsp3) is 0.263. The number of nitrogens with zero attached hydrogens (tertiary/aromatic N) is 1. The number of carbonyl (C=O) groups is 2. The summed E-state index contributed by atoms with van der Waals surface area (Å²) < 4.78 is 0. The molecule has 2 aromatic rings. The standard InChI is InChI=1S/C19H20N2O2/c1-12-8-6-10-17(14(12)3)21-18(22)11-16(19(21)23)20-15-9-5-4-7-13(15)2/h4-10,16,20H,11H2,1-3H3/t16-/m0/s1. The molecule has 0 spiro atoms. The van der Waals surface area contributed by atoms with Crippen LogP contribution in [0.4, 0.5) is 11.4 Å². The molecular weight excluding hydrogens is 288 g/mol. The van der Waals surface area contributed by atoms with Crippen molar-refractivity contribution in [3.63, 3.8) is 0 Å². The summed E-state index contributed by atoms with van der Waals surface area (Å²) >= 11 is 0. The molecule has 0 saturated carbocycles. The Morgan fingerprint density at radius 3 is 2.39 bits per heavy atom. The van der Waals surface area contributed by atoms with E-state index in [-0.39, 0.29) is 18.2 Å². The first kappa shape index (κ1) is 15.3. The highest BCUT2D eigenvalue weighted by molar-refractivity contribution is 6.23. The highest BCUT2D eigenvalue weighted by Crippen LogP contribution is 2.29. The Morgan fingerprint density at radius 2 is 1.65 bits per heavy atom. The van der Waals surface area contributed by atoms with Crippen molar-refractivity contribution in [3.8, 4) is 0 Å². The number of amides is 2. The molecule has 0 aromatic heterocycles. The van der Waals surface area contributed by atoms with Crippen LogP contribution < -0.4 is 10.2 Å². The van der Waals surface area contributed by atoms with Crippen molar-refractivity contribution in [2.24, 2.45) is 0 Å². The summed E-state index contributed by atoms with van der Waals surface area (Å²) in [5, 5.41) is 3.21. The minimum Gasteiger partial charge on any atom is -0.373 e. The van der Waals surface area contributed by atoms with Crippen molar-refractivity contribution >= 4 is 23.2 Å². The lowest BCUT2D eigenvalue weighted by Crippen LogP contribution is -2.35. The van der Waals surface area contributed by atoms with Crippen LogP contribution in [-0.2, 0) is 9.59 Å². The molecular formula is C19H20N2O2. The fourth-order valence-electron chi connectivity index (χ4n) is 2.90. The van der Waals surface area contributed by atoms with Crippen molar-refractivity contribution in [3.05, 3.63) is 59.2 Å². The normalized spacial score (nSPS) is 17.7. The number of para-hydroxylation sites is 1. The van der Waals surface area contributed by atoms with Gasteiger partial charge in [-0.2, -0.15) is 0 Å². The number of anilines is 2. The third-order valence-electron chi connectivity index (χ3n) is 4.44. The highest BCUT2D eigenvalue weighted by Gasteiger charge is 2.40. The topological polar surface area (TPSA) is 49.4 Å². The molecule has 1 saturated heterocycles. The first-order valence-electron chi connectivity index (χ1n) is 7.74. The second kappa shape index (κ2) is 5.88. The molecule has 0 bridgehead atoms. The maximum atomic E-state index is 12.7. The maximum absolute atomic E-state index is 12.7. The van der Waals surface area contributed by atoms with Crippen LogP contribution in [-0.4, -0.2) is 17.9 Å². The summed E-state index contributed by atoms with van der Waals surface area (Å²) in [6.07, 6.45) is 0.181. The molecule has 1 fully saturated rings. The molecule has 1 atom stereocenters. The summed E-state index contributed by atoms with van der Waals surface area (Å²) in [6, 6.07) is 12.9. The number of hydrogen-bond donors (Lipinski definition) is 1. The van der Waals surface area contributed by atoms with Gasteiger partial charge >= 0.3 is 0 Å². The van der Waals surface area contributed by atoms with Crippen molar-refractivity contribution in [1.29, 1.82) is 0 Å². The molecule has 23 heavy (non-hydrogen) atoms. The molecule has 0 radical (unpaired) electrons. The predicted octanol–water partition coefficient (Wildman–Crippen LogP) is 3.36. The van der Waals surface area contributed by atoms with Crippen LogP contribution >= 0.6 is 0 Å². The van der Waals surface area contributed by atoms with Crippen LogP contribution in [0.15, 0.2) is 42.5 Å². The van der Waals surface area contributed by atoms with E-state index >= 15 is 0 Å². The summed E-state index contributed by atoms with van der Waals surface area (Å²) in [6.45, 7) is 5.90. The van der Waals surface area contributed by atoms with Gasteiger partial charge in [-0.15, -0.1) is 0 Å². The molecule has 1 aliphatic rings.